The van der Waals surface area contributed by atoms with E-state index in [2.05, 4.69) is 16.5 Å². The van der Waals surface area contributed by atoms with E-state index in [1.165, 1.54) is 0 Å². The van der Waals surface area contributed by atoms with Gasteiger partial charge in [-0.1, -0.05) is 31.2 Å². The Labute approximate surface area is 129 Å². The van der Waals surface area contributed by atoms with Crippen LogP contribution in [-0.2, 0) is 0 Å². The summed E-state index contributed by atoms with van der Waals surface area (Å²) in [4.78, 5) is 8.47. The lowest BCUT2D eigenvalue weighted by Gasteiger charge is -2.12. The van der Waals surface area contributed by atoms with Gasteiger partial charge in [-0.25, -0.2) is 4.98 Å². The second-order valence-electron chi connectivity index (χ2n) is 4.67. The molecule has 0 aliphatic rings. The average molecular weight is 304 g/mol. The van der Waals surface area contributed by atoms with E-state index in [4.69, 9.17) is 22.1 Å². The van der Waals surface area contributed by atoms with Crippen LogP contribution in [-0.4, -0.2) is 22.6 Å². The minimum Gasteiger partial charge on any atom is -0.490 e. The highest BCUT2D eigenvalue weighted by molar-refractivity contribution is 6.32. The smallest absolute Gasteiger partial charge is 0.138 e. The summed E-state index contributed by atoms with van der Waals surface area (Å²) in [6.07, 6.45) is 5.92. The molecule has 2 rings (SSSR count). The Bertz CT molecular complexity index is 631. The summed E-state index contributed by atoms with van der Waals surface area (Å²) >= 11 is 6.16. The summed E-state index contributed by atoms with van der Waals surface area (Å²) in [6.45, 7) is 6.21. The van der Waals surface area contributed by atoms with E-state index in [1.54, 1.807) is 18.5 Å². The third-order valence-electron chi connectivity index (χ3n) is 3.10. The highest BCUT2D eigenvalue weighted by atomic mass is 35.5. The number of hydrogen-bond acceptors (Lipinski definition) is 4. The van der Waals surface area contributed by atoms with Crippen LogP contribution in [0.15, 0.2) is 37.2 Å². The molecule has 0 bridgehead atoms. The molecule has 0 radical (unpaired) electrons. The molecule has 4 nitrogen and oxygen atoms in total. The van der Waals surface area contributed by atoms with Gasteiger partial charge in [-0.3, -0.25) is 4.98 Å². The number of ether oxygens (including phenoxy) is 1. The number of hydrogen-bond donors (Lipinski definition) is 1. The second kappa shape index (κ2) is 7.20. The van der Waals surface area contributed by atoms with E-state index >= 15 is 0 Å². The molecule has 0 saturated carbocycles. The first-order valence-electron chi connectivity index (χ1n) is 6.76. The van der Waals surface area contributed by atoms with Gasteiger partial charge in [-0.05, 0) is 30.2 Å². The number of aromatic nitrogens is 2. The monoisotopic (exact) mass is 303 g/mol. The van der Waals surface area contributed by atoms with Crippen LogP contribution in [0.25, 0.3) is 17.3 Å². The van der Waals surface area contributed by atoms with Crippen molar-refractivity contribution in [3.8, 4) is 17.0 Å². The van der Waals surface area contributed by atoms with Crippen molar-refractivity contribution in [3.63, 3.8) is 0 Å². The first-order chi connectivity index (χ1) is 10.1. The topological polar surface area (TPSA) is 61.0 Å². The van der Waals surface area contributed by atoms with Crippen molar-refractivity contribution in [2.24, 2.45) is 5.73 Å². The summed E-state index contributed by atoms with van der Waals surface area (Å²) in [7, 11) is 0. The molecule has 2 N–H and O–H groups in total. The van der Waals surface area contributed by atoms with E-state index in [1.807, 2.05) is 25.1 Å². The fourth-order valence-electron chi connectivity index (χ4n) is 1.73. The van der Waals surface area contributed by atoms with Crippen LogP contribution in [0.2, 0.25) is 5.15 Å². The Hall–Kier alpha value is -1.91. The predicted octanol–water partition coefficient (Wildman–Crippen LogP) is 3.56. The molecule has 1 atom stereocenters. The van der Waals surface area contributed by atoms with Gasteiger partial charge >= 0.3 is 0 Å². The molecule has 2 heterocycles. The van der Waals surface area contributed by atoms with Gasteiger partial charge < -0.3 is 10.5 Å². The molecule has 0 amide bonds. The van der Waals surface area contributed by atoms with E-state index in [0.29, 0.717) is 17.5 Å². The van der Waals surface area contributed by atoms with Crippen LogP contribution in [0.5, 0.6) is 5.75 Å². The maximum Gasteiger partial charge on any atom is 0.138 e. The molecule has 0 aromatic carbocycles. The highest BCUT2D eigenvalue weighted by Crippen LogP contribution is 2.28. The minimum absolute atomic E-state index is 0.00588. The van der Waals surface area contributed by atoms with Gasteiger partial charge in [0.15, 0.2) is 0 Å². The summed E-state index contributed by atoms with van der Waals surface area (Å²) in [5, 5.41) is 0.385. The zero-order chi connectivity index (χ0) is 15.2. The van der Waals surface area contributed by atoms with Crippen molar-refractivity contribution >= 4 is 17.7 Å². The van der Waals surface area contributed by atoms with Crippen molar-refractivity contribution in [2.75, 3.05) is 6.61 Å². The summed E-state index contributed by atoms with van der Waals surface area (Å²) in [5.74, 6) is 0.629. The van der Waals surface area contributed by atoms with Gasteiger partial charge in [0, 0.05) is 17.8 Å². The Morgan fingerprint density at radius 2 is 2.24 bits per heavy atom. The van der Waals surface area contributed by atoms with E-state index < -0.39 is 0 Å². The molecule has 5 heteroatoms. The SMILES string of the molecule is C=Cc1ccnc(-c2cc(OC[C@@H](N)CC)cnc2Cl)c1. The number of nitrogens with two attached hydrogens (primary N) is 1. The molecule has 21 heavy (non-hydrogen) atoms. The quantitative estimate of drug-likeness (QED) is 0.829. The van der Waals surface area contributed by atoms with Gasteiger partial charge in [-0.15, -0.1) is 0 Å². The molecule has 2 aromatic rings. The van der Waals surface area contributed by atoms with Crippen molar-refractivity contribution in [3.05, 3.63) is 47.9 Å². The molecule has 0 aliphatic heterocycles. The van der Waals surface area contributed by atoms with E-state index in [0.717, 1.165) is 23.2 Å². The van der Waals surface area contributed by atoms with Crippen LogP contribution < -0.4 is 10.5 Å². The maximum atomic E-state index is 6.16. The van der Waals surface area contributed by atoms with Crippen molar-refractivity contribution in [2.45, 2.75) is 19.4 Å². The zero-order valence-corrected chi connectivity index (χ0v) is 12.7. The first kappa shape index (κ1) is 15.5. The third kappa shape index (κ3) is 4.03. The summed E-state index contributed by atoms with van der Waals surface area (Å²) in [6, 6.07) is 5.61. The standard InChI is InChI=1S/C16H18ClN3O/c1-3-11-5-6-19-15(7-11)14-8-13(9-20-16(14)17)21-10-12(18)4-2/h3,5-9,12H,1,4,10,18H2,2H3/t12-/m0/s1. The van der Waals surface area contributed by atoms with Crippen LogP contribution in [0, 0.1) is 0 Å². The molecule has 0 saturated heterocycles. The Kier molecular flexibility index (Phi) is 5.31. The Morgan fingerprint density at radius 1 is 1.43 bits per heavy atom. The molecular formula is C16H18ClN3O. The normalized spacial score (nSPS) is 12.0. The fraction of sp³-hybridized carbons (Fsp3) is 0.250. The Morgan fingerprint density at radius 3 is 2.95 bits per heavy atom. The van der Waals surface area contributed by atoms with Crippen LogP contribution in [0.1, 0.15) is 18.9 Å². The van der Waals surface area contributed by atoms with Gasteiger partial charge in [0.2, 0.25) is 0 Å². The summed E-state index contributed by atoms with van der Waals surface area (Å²) in [5.41, 5.74) is 8.27. The molecule has 0 spiro atoms. The number of rotatable bonds is 6. The molecule has 0 unspecified atom stereocenters. The van der Waals surface area contributed by atoms with Gasteiger partial charge in [0.1, 0.15) is 17.5 Å². The Balaban J connectivity index is 2.28. The van der Waals surface area contributed by atoms with Crippen LogP contribution >= 0.6 is 11.6 Å². The third-order valence-corrected chi connectivity index (χ3v) is 3.40. The number of pyridine rings is 2. The van der Waals surface area contributed by atoms with Crippen LogP contribution in [0.3, 0.4) is 0 Å². The number of halogens is 1. The largest absolute Gasteiger partial charge is 0.490 e. The maximum absolute atomic E-state index is 6.16. The molecule has 110 valence electrons. The predicted molar refractivity (Wildman–Crippen MR) is 86.3 cm³/mol. The zero-order valence-electron chi connectivity index (χ0n) is 11.9. The molecule has 2 aromatic heterocycles. The molecule has 0 aliphatic carbocycles. The van der Waals surface area contributed by atoms with Gasteiger partial charge in [-0.2, -0.15) is 0 Å². The minimum atomic E-state index is 0.00588. The fourth-order valence-corrected chi connectivity index (χ4v) is 1.93. The highest BCUT2D eigenvalue weighted by Gasteiger charge is 2.09. The number of nitrogens with zero attached hydrogens (tertiary/aromatic N) is 2. The van der Waals surface area contributed by atoms with Crippen molar-refractivity contribution in [1.82, 2.24) is 9.97 Å². The summed E-state index contributed by atoms with van der Waals surface area (Å²) < 4.78 is 5.64. The first-order valence-corrected chi connectivity index (χ1v) is 7.14. The van der Waals surface area contributed by atoms with Crippen molar-refractivity contribution in [1.29, 1.82) is 0 Å². The van der Waals surface area contributed by atoms with Crippen molar-refractivity contribution < 1.29 is 4.74 Å². The van der Waals surface area contributed by atoms with Gasteiger partial charge in [0.25, 0.3) is 0 Å². The van der Waals surface area contributed by atoms with E-state index in [9.17, 15) is 0 Å². The second-order valence-corrected chi connectivity index (χ2v) is 5.03. The lowest BCUT2D eigenvalue weighted by molar-refractivity contribution is 0.284. The lowest BCUT2D eigenvalue weighted by Crippen LogP contribution is -2.26. The van der Waals surface area contributed by atoms with E-state index in [-0.39, 0.29) is 6.04 Å². The van der Waals surface area contributed by atoms with Crippen LogP contribution in [0.4, 0.5) is 0 Å². The molecular weight excluding hydrogens is 286 g/mol. The lowest BCUT2D eigenvalue weighted by atomic mass is 10.1. The van der Waals surface area contributed by atoms with Gasteiger partial charge in [0.05, 0.1) is 11.9 Å². The average Bonchev–Trinajstić information content (AvgIpc) is 2.53. The molecule has 0 fully saturated rings.